The Morgan fingerprint density at radius 3 is 2.14 bits per heavy atom. The van der Waals surface area contributed by atoms with Crippen LogP contribution in [-0.2, 0) is 15.1 Å². The number of aliphatic hydroxyl groups is 1. The van der Waals surface area contributed by atoms with Crippen LogP contribution in [0.5, 0.6) is 0 Å². The molecule has 0 aliphatic heterocycles. The quantitative estimate of drug-likeness (QED) is 0.853. The number of ether oxygens (including phenoxy) is 1. The number of rotatable bonds is 5. The summed E-state index contributed by atoms with van der Waals surface area (Å²) < 4.78 is 5.52. The van der Waals surface area contributed by atoms with E-state index >= 15 is 0 Å². The molecule has 1 N–H and O–H groups in total. The van der Waals surface area contributed by atoms with Crippen LogP contribution in [0.15, 0.2) is 60.7 Å². The van der Waals surface area contributed by atoms with Gasteiger partial charge in [0.05, 0.1) is 12.5 Å². The van der Waals surface area contributed by atoms with Crippen molar-refractivity contribution in [3.8, 4) is 0 Å². The number of hydrogen-bond acceptors (Lipinski definition) is 3. The molecule has 0 saturated carbocycles. The summed E-state index contributed by atoms with van der Waals surface area (Å²) in [5, 5.41) is 10.1. The molecule has 2 aromatic carbocycles. The first-order chi connectivity index (χ1) is 9.99. The smallest absolute Gasteiger partial charge is 0.309 e. The van der Waals surface area contributed by atoms with E-state index in [4.69, 9.17) is 4.74 Å². The van der Waals surface area contributed by atoms with Gasteiger partial charge in [-0.15, -0.1) is 0 Å². The van der Waals surface area contributed by atoms with Crippen LogP contribution in [0.1, 0.15) is 37.5 Å². The number of aliphatic hydroxyl groups excluding tert-OH is 1. The SMILES string of the molecule is CC(C)(OC(=O)C[C@H](O)c1ccccc1)c1ccccc1. The predicted molar refractivity (Wildman–Crippen MR) is 81.6 cm³/mol. The van der Waals surface area contributed by atoms with E-state index in [9.17, 15) is 9.90 Å². The Morgan fingerprint density at radius 2 is 1.57 bits per heavy atom. The molecule has 0 radical (unpaired) electrons. The molecule has 3 heteroatoms. The Bertz CT molecular complexity index is 576. The van der Waals surface area contributed by atoms with Crippen molar-refractivity contribution >= 4 is 5.97 Å². The first-order valence-electron chi connectivity index (χ1n) is 6.99. The van der Waals surface area contributed by atoms with Crippen molar-refractivity contribution in [1.29, 1.82) is 0 Å². The van der Waals surface area contributed by atoms with Gasteiger partial charge in [0.2, 0.25) is 0 Å². The maximum atomic E-state index is 12.0. The first kappa shape index (κ1) is 15.3. The van der Waals surface area contributed by atoms with Gasteiger partial charge in [0, 0.05) is 0 Å². The molecule has 21 heavy (non-hydrogen) atoms. The van der Waals surface area contributed by atoms with Crippen LogP contribution in [0, 0.1) is 0 Å². The Labute approximate surface area is 125 Å². The molecule has 0 fully saturated rings. The molecule has 3 nitrogen and oxygen atoms in total. The lowest BCUT2D eigenvalue weighted by Crippen LogP contribution is -2.26. The van der Waals surface area contributed by atoms with E-state index in [2.05, 4.69) is 0 Å². The second-order valence-electron chi connectivity index (χ2n) is 5.48. The van der Waals surface area contributed by atoms with Crippen LogP contribution >= 0.6 is 0 Å². The van der Waals surface area contributed by atoms with Gasteiger partial charge in [-0.05, 0) is 25.0 Å². The van der Waals surface area contributed by atoms with E-state index in [-0.39, 0.29) is 6.42 Å². The minimum Gasteiger partial charge on any atom is -0.455 e. The molecule has 0 spiro atoms. The lowest BCUT2D eigenvalue weighted by molar-refractivity contribution is -0.159. The third kappa shape index (κ3) is 4.17. The highest BCUT2D eigenvalue weighted by atomic mass is 16.6. The summed E-state index contributed by atoms with van der Waals surface area (Å²) in [6, 6.07) is 18.7. The second-order valence-corrected chi connectivity index (χ2v) is 5.48. The molecule has 0 bridgehead atoms. The average molecular weight is 284 g/mol. The zero-order chi connectivity index (χ0) is 15.3. The van der Waals surface area contributed by atoms with E-state index in [1.54, 1.807) is 12.1 Å². The predicted octanol–water partition coefficient (Wildman–Crippen LogP) is 3.59. The molecule has 110 valence electrons. The van der Waals surface area contributed by atoms with Crippen LogP contribution in [0.2, 0.25) is 0 Å². The van der Waals surface area contributed by atoms with Gasteiger partial charge < -0.3 is 9.84 Å². The fourth-order valence-electron chi connectivity index (χ4n) is 2.18. The van der Waals surface area contributed by atoms with Crippen molar-refractivity contribution in [2.24, 2.45) is 0 Å². The third-order valence-corrected chi connectivity index (χ3v) is 3.38. The zero-order valence-electron chi connectivity index (χ0n) is 12.3. The molecule has 0 aliphatic rings. The largest absolute Gasteiger partial charge is 0.455 e. The fourth-order valence-corrected chi connectivity index (χ4v) is 2.18. The molecule has 0 unspecified atom stereocenters. The van der Waals surface area contributed by atoms with Gasteiger partial charge in [0.15, 0.2) is 0 Å². The van der Waals surface area contributed by atoms with Crippen LogP contribution in [0.25, 0.3) is 0 Å². The van der Waals surface area contributed by atoms with Gasteiger partial charge in [0.1, 0.15) is 5.60 Å². The van der Waals surface area contributed by atoms with E-state index in [0.717, 1.165) is 5.56 Å². The normalized spacial score (nSPS) is 12.7. The number of benzene rings is 2. The zero-order valence-corrected chi connectivity index (χ0v) is 12.3. The molecule has 2 aromatic rings. The number of esters is 1. The Kier molecular flexibility index (Phi) is 4.76. The Balaban J connectivity index is 1.98. The van der Waals surface area contributed by atoms with Crippen molar-refractivity contribution in [2.75, 3.05) is 0 Å². The summed E-state index contributed by atoms with van der Waals surface area (Å²) in [6.45, 7) is 3.68. The third-order valence-electron chi connectivity index (χ3n) is 3.38. The topological polar surface area (TPSA) is 46.5 Å². The Morgan fingerprint density at radius 1 is 1.05 bits per heavy atom. The van der Waals surface area contributed by atoms with Crippen molar-refractivity contribution in [3.63, 3.8) is 0 Å². The lowest BCUT2D eigenvalue weighted by atomic mass is 9.98. The lowest BCUT2D eigenvalue weighted by Gasteiger charge is -2.26. The highest BCUT2D eigenvalue weighted by Crippen LogP contribution is 2.26. The summed E-state index contributed by atoms with van der Waals surface area (Å²) >= 11 is 0. The highest BCUT2D eigenvalue weighted by molar-refractivity contribution is 5.71. The molecule has 0 saturated heterocycles. The van der Waals surface area contributed by atoms with Crippen LogP contribution < -0.4 is 0 Å². The highest BCUT2D eigenvalue weighted by Gasteiger charge is 2.26. The van der Waals surface area contributed by atoms with Crippen molar-refractivity contribution in [2.45, 2.75) is 32.0 Å². The molecule has 0 amide bonds. The molecule has 0 aromatic heterocycles. The number of hydrogen-bond donors (Lipinski definition) is 1. The van der Waals surface area contributed by atoms with Gasteiger partial charge >= 0.3 is 5.97 Å². The van der Waals surface area contributed by atoms with E-state index in [0.29, 0.717) is 5.56 Å². The minimum absolute atomic E-state index is 0.0553. The summed E-state index contributed by atoms with van der Waals surface area (Å²) in [5.41, 5.74) is 0.925. The van der Waals surface area contributed by atoms with Gasteiger partial charge in [-0.25, -0.2) is 0 Å². The van der Waals surface area contributed by atoms with Crippen LogP contribution in [-0.4, -0.2) is 11.1 Å². The summed E-state index contributed by atoms with van der Waals surface area (Å²) in [7, 11) is 0. The molecule has 1 atom stereocenters. The number of carbonyl (C=O) groups is 1. The Hall–Kier alpha value is -2.13. The van der Waals surface area contributed by atoms with Gasteiger partial charge in [-0.2, -0.15) is 0 Å². The molecule has 0 heterocycles. The van der Waals surface area contributed by atoms with Gasteiger partial charge in [0.25, 0.3) is 0 Å². The maximum Gasteiger partial charge on any atom is 0.309 e. The van der Waals surface area contributed by atoms with Crippen LogP contribution in [0.3, 0.4) is 0 Å². The van der Waals surface area contributed by atoms with E-state index in [1.807, 2.05) is 62.4 Å². The second kappa shape index (κ2) is 6.55. The number of carbonyl (C=O) groups excluding carboxylic acids is 1. The minimum atomic E-state index is -0.842. The summed E-state index contributed by atoms with van der Waals surface area (Å²) in [6.07, 6.45) is -0.898. The summed E-state index contributed by atoms with van der Waals surface area (Å²) in [4.78, 5) is 12.0. The molecule has 0 aliphatic carbocycles. The molecule has 2 rings (SSSR count). The fraction of sp³-hybridized carbons (Fsp3) is 0.278. The monoisotopic (exact) mass is 284 g/mol. The van der Waals surface area contributed by atoms with Crippen LogP contribution in [0.4, 0.5) is 0 Å². The van der Waals surface area contributed by atoms with Crippen molar-refractivity contribution < 1.29 is 14.6 Å². The maximum absolute atomic E-state index is 12.0. The van der Waals surface area contributed by atoms with Gasteiger partial charge in [-0.3, -0.25) is 4.79 Å². The standard InChI is InChI=1S/C18H20O3/c1-18(2,15-11-7-4-8-12-15)21-17(20)13-16(19)14-9-5-3-6-10-14/h3-12,16,19H,13H2,1-2H3/t16-/m0/s1. The van der Waals surface area contributed by atoms with Crippen molar-refractivity contribution in [3.05, 3.63) is 71.8 Å². The van der Waals surface area contributed by atoms with Crippen molar-refractivity contribution in [1.82, 2.24) is 0 Å². The molecular weight excluding hydrogens is 264 g/mol. The summed E-state index contributed by atoms with van der Waals surface area (Å²) in [5.74, 6) is -0.416. The first-order valence-corrected chi connectivity index (χ1v) is 6.99. The molecular formula is C18H20O3. The van der Waals surface area contributed by atoms with Gasteiger partial charge in [-0.1, -0.05) is 60.7 Å². The average Bonchev–Trinajstić information content (AvgIpc) is 2.48. The van der Waals surface area contributed by atoms with E-state index < -0.39 is 17.7 Å². The van der Waals surface area contributed by atoms with E-state index in [1.165, 1.54) is 0 Å².